The summed E-state index contributed by atoms with van der Waals surface area (Å²) in [6.07, 6.45) is 3.64. The standard InChI is InChI=1S/C10H10ClN3S/c1-14-5-4-13-10(14)15-9-6-7(11)2-3-8(9)12/h2-6H,12H2,1H3. The molecule has 2 N–H and O–H groups in total. The summed E-state index contributed by atoms with van der Waals surface area (Å²) in [6, 6.07) is 5.42. The van der Waals surface area contributed by atoms with E-state index in [1.54, 1.807) is 18.3 Å². The molecule has 1 aromatic heterocycles. The molecule has 0 unspecified atom stereocenters. The van der Waals surface area contributed by atoms with Crippen LogP contribution in [-0.2, 0) is 7.05 Å². The second-order valence-electron chi connectivity index (χ2n) is 3.10. The highest BCUT2D eigenvalue weighted by molar-refractivity contribution is 7.99. The molecule has 0 aliphatic rings. The minimum absolute atomic E-state index is 0.681. The molecular weight excluding hydrogens is 230 g/mol. The van der Waals surface area contributed by atoms with E-state index in [-0.39, 0.29) is 0 Å². The van der Waals surface area contributed by atoms with E-state index in [1.807, 2.05) is 23.9 Å². The monoisotopic (exact) mass is 239 g/mol. The van der Waals surface area contributed by atoms with Crippen molar-refractivity contribution in [1.82, 2.24) is 9.55 Å². The molecule has 0 bridgehead atoms. The van der Waals surface area contributed by atoms with Crippen LogP contribution in [0.15, 0.2) is 40.6 Å². The number of benzene rings is 1. The highest BCUT2D eigenvalue weighted by Gasteiger charge is 2.06. The van der Waals surface area contributed by atoms with Gasteiger partial charge in [-0.3, -0.25) is 0 Å². The summed E-state index contributed by atoms with van der Waals surface area (Å²) in [5.41, 5.74) is 6.55. The van der Waals surface area contributed by atoms with Crippen molar-refractivity contribution in [3.8, 4) is 0 Å². The van der Waals surface area contributed by atoms with E-state index >= 15 is 0 Å². The number of aromatic nitrogens is 2. The first-order chi connectivity index (χ1) is 7.16. The molecule has 0 amide bonds. The maximum Gasteiger partial charge on any atom is 0.172 e. The van der Waals surface area contributed by atoms with Gasteiger partial charge in [0.2, 0.25) is 0 Å². The number of aryl methyl sites for hydroxylation is 1. The summed E-state index contributed by atoms with van der Waals surface area (Å²) >= 11 is 7.40. The fraction of sp³-hybridized carbons (Fsp3) is 0.100. The first-order valence-electron chi connectivity index (χ1n) is 4.37. The van der Waals surface area contributed by atoms with E-state index < -0.39 is 0 Å². The summed E-state index contributed by atoms with van der Waals surface area (Å²) in [5.74, 6) is 0. The second kappa shape index (κ2) is 4.16. The van der Waals surface area contributed by atoms with Crippen molar-refractivity contribution in [2.24, 2.45) is 7.05 Å². The van der Waals surface area contributed by atoms with Gasteiger partial charge in [-0.1, -0.05) is 11.6 Å². The topological polar surface area (TPSA) is 43.8 Å². The van der Waals surface area contributed by atoms with Crippen LogP contribution < -0.4 is 5.73 Å². The summed E-state index contributed by atoms with van der Waals surface area (Å²) in [7, 11) is 1.94. The van der Waals surface area contributed by atoms with Crippen molar-refractivity contribution in [2.45, 2.75) is 10.1 Å². The number of imidazole rings is 1. The Morgan fingerprint density at radius 2 is 2.27 bits per heavy atom. The molecule has 0 saturated heterocycles. The molecule has 2 rings (SSSR count). The van der Waals surface area contributed by atoms with Crippen LogP contribution in [0.5, 0.6) is 0 Å². The van der Waals surface area contributed by atoms with Gasteiger partial charge in [-0.2, -0.15) is 0 Å². The Labute approximate surface area is 97.3 Å². The molecule has 15 heavy (non-hydrogen) atoms. The molecule has 0 radical (unpaired) electrons. The number of anilines is 1. The van der Waals surface area contributed by atoms with Gasteiger partial charge in [0, 0.05) is 35.0 Å². The normalized spacial score (nSPS) is 10.5. The molecule has 0 spiro atoms. The first-order valence-corrected chi connectivity index (χ1v) is 5.56. The van der Waals surface area contributed by atoms with E-state index in [0.717, 1.165) is 10.1 Å². The minimum atomic E-state index is 0.681. The van der Waals surface area contributed by atoms with Crippen LogP contribution in [-0.4, -0.2) is 9.55 Å². The lowest BCUT2D eigenvalue weighted by atomic mass is 10.3. The lowest BCUT2D eigenvalue weighted by molar-refractivity contribution is 0.790. The van der Waals surface area contributed by atoms with Crippen LogP contribution in [0, 0.1) is 0 Å². The van der Waals surface area contributed by atoms with Crippen LogP contribution in [0.1, 0.15) is 0 Å². The zero-order chi connectivity index (χ0) is 10.8. The number of nitrogen functional groups attached to an aromatic ring is 1. The maximum atomic E-state index is 5.90. The van der Waals surface area contributed by atoms with Gasteiger partial charge in [-0.05, 0) is 30.0 Å². The van der Waals surface area contributed by atoms with Crippen molar-refractivity contribution < 1.29 is 0 Å². The van der Waals surface area contributed by atoms with Gasteiger partial charge in [-0.25, -0.2) is 4.98 Å². The maximum absolute atomic E-state index is 5.90. The molecule has 2 aromatic rings. The van der Waals surface area contributed by atoms with E-state index in [0.29, 0.717) is 10.7 Å². The molecule has 0 aliphatic heterocycles. The second-order valence-corrected chi connectivity index (χ2v) is 4.55. The van der Waals surface area contributed by atoms with Crippen molar-refractivity contribution in [1.29, 1.82) is 0 Å². The highest BCUT2D eigenvalue weighted by Crippen LogP contribution is 2.32. The molecule has 0 fully saturated rings. The number of hydrogen-bond donors (Lipinski definition) is 1. The van der Waals surface area contributed by atoms with Crippen LogP contribution in [0.25, 0.3) is 0 Å². The van der Waals surface area contributed by atoms with E-state index in [4.69, 9.17) is 17.3 Å². The lowest BCUT2D eigenvalue weighted by Gasteiger charge is -2.05. The van der Waals surface area contributed by atoms with Crippen LogP contribution in [0.3, 0.4) is 0 Å². The molecule has 0 saturated carbocycles. The fourth-order valence-corrected chi connectivity index (χ4v) is 2.27. The third-order valence-electron chi connectivity index (χ3n) is 1.95. The van der Waals surface area contributed by atoms with Gasteiger partial charge >= 0.3 is 0 Å². The van der Waals surface area contributed by atoms with E-state index in [2.05, 4.69) is 4.98 Å². The highest BCUT2D eigenvalue weighted by atomic mass is 35.5. The average molecular weight is 240 g/mol. The molecular formula is C10H10ClN3S. The Kier molecular flexibility index (Phi) is 2.88. The third-order valence-corrected chi connectivity index (χ3v) is 3.34. The van der Waals surface area contributed by atoms with Crippen LogP contribution >= 0.6 is 23.4 Å². The first kappa shape index (κ1) is 10.4. The van der Waals surface area contributed by atoms with Gasteiger partial charge in [0.25, 0.3) is 0 Å². The fourth-order valence-electron chi connectivity index (χ4n) is 1.15. The average Bonchev–Trinajstić information content (AvgIpc) is 2.58. The van der Waals surface area contributed by atoms with Gasteiger partial charge in [0.05, 0.1) is 0 Å². The molecule has 0 aliphatic carbocycles. The summed E-state index contributed by atoms with van der Waals surface area (Å²) in [4.78, 5) is 5.14. The zero-order valence-corrected chi connectivity index (χ0v) is 9.72. The predicted molar refractivity (Wildman–Crippen MR) is 63.2 cm³/mol. The molecule has 1 aromatic carbocycles. The largest absolute Gasteiger partial charge is 0.398 e. The van der Waals surface area contributed by atoms with Gasteiger partial charge < -0.3 is 10.3 Å². The van der Waals surface area contributed by atoms with Gasteiger partial charge in [0.1, 0.15) is 0 Å². The predicted octanol–water partition coefficient (Wildman–Crippen LogP) is 2.81. The minimum Gasteiger partial charge on any atom is -0.398 e. The van der Waals surface area contributed by atoms with Crippen LogP contribution in [0.2, 0.25) is 5.02 Å². The lowest BCUT2D eigenvalue weighted by Crippen LogP contribution is -1.92. The number of hydrogen-bond acceptors (Lipinski definition) is 3. The number of nitrogens with zero attached hydrogens (tertiary/aromatic N) is 2. The van der Waals surface area contributed by atoms with Crippen molar-refractivity contribution in [3.63, 3.8) is 0 Å². The van der Waals surface area contributed by atoms with Crippen molar-refractivity contribution in [2.75, 3.05) is 5.73 Å². The Morgan fingerprint density at radius 3 is 2.93 bits per heavy atom. The zero-order valence-electron chi connectivity index (χ0n) is 8.14. The van der Waals surface area contributed by atoms with Crippen molar-refractivity contribution in [3.05, 3.63) is 35.6 Å². The van der Waals surface area contributed by atoms with Crippen LogP contribution in [0.4, 0.5) is 5.69 Å². The van der Waals surface area contributed by atoms with Gasteiger partial charge in [-0.15, -0.1) is 0 Å². The molecule has 1 heterocycles. The van der Waals surface area contributed by atoms with E-state index in [9.17, 15) is 0 Å². The number of nitrogens with two attached hydrogens (primary N) is 1. The molecule has 5 heteroatoms. The van der Waals surface area contributed by atoms with E-state index in [1.165, 1.54) is 11.8 Å². The quantitative estimate of drug-likeness (QED) is 0.820. The Balaban J connectivity index is 2.32. The molecule has 3 nitrogen and oxygen atoms in total. The summed E-state index contributed by atoms with van der Waals surface area (Å²) < 4.78 is 1.94. The Bertz CT molecular complexity index is 481. The third kappa shape index (κ3) is 2.27. The van der Waals surface area contributed by atoms with Crippen molar-refractivity contribution >= 4 is 29.1 Å². The summed E-state index contributed by atoms with van der Waals surface area (Å²) in [6.45, 7) is 0. The van der Waals surface area contributed by atoms with Gasteiger partial charge in [0.15, 0.2) is 5.16 Å². The molecule has 0 atom stereocenters. The number of halogens is 1. The summed E-state index contributed by atoms with van der Waals surface area (Å²) in [5, 5.41) is 1.57. The SMILES string of the molecule is Cn1ccnc1Sc1cc(Cl)ccc1N. The Hall–Kier alpha value is -1.13. The molecule has 78 valence electrons. The number of rotatable bonds is 2. The Morgan fingerprint density at radius 1 is 1.47 bits per heavy atom. The smallest absolute Gasteiger partial charge is 0.172 e.